The molecule has 0 unspecified atom stereocenters. The highest BCUT2D eigenvalue weighted by Crippen LogP contribution is 2.29. The molecule has 0 aliphatic carbocycles. The summed E-state index contributed by atoms with van der Waals surface area (Å²) in [5, 5.41) is 1.05. The number of methoxy groups -OCH3 is 1. The molecule has 1 aromatic carbocycles. The van der Waals surface area contributed by atoms with Gasteiger partial charge in [-0.3, -0.25) is 0 Å². The van der Waals surface area contributed by atoms with Gasteiger partial charge in [0.05, 0.1) is 12.6 Å². The third kappa shape index (κ3) is 2.57. The molecule has 4 nitrogen and oxygen atoms in total. The minimum absolute atomic E-state index is 0.0611. The van der Waals surface area contributed by atoms with Crippen LogP contribution in [0.5, 0.6) is 5.75 Å². The molecular weight excluding hydrogens is 242 g/mol. The number of rotatable bonds is 5. The summed E-state index contributed by atoms with van der Waals surface area (Å²) in [5.74, 6) is 0.354. The van der Waals surface area contributed by atoms with E-state index in [4.69, 9.17) is 4.74 Å². The van der Waals surface area contributed by atoms with E-state index in [1.54, 1.807) is 0 Å². The van der Waals surface area contributed by atoms with E-state index in [0.717, 1.165) is 29.6 Å². The normalized spacial score (nSPS) is 10.7. The Bertz CT molecular complexity index is 586. The van der Waals surface area contributed by atoms with Crippen LogP contribution >= 0.6 is 0 Å². The summed E-state index contributed by atoms with van der Waals surface area (Å²) in [6.07, 6.45) is 0.971. The Morgan fingerprint density at radius 3 is 2.74 bits per heavy atom. The zero-order valence-corrected chi connectivity index (χ0v) is 11.6. The fourth-order valence-corrected chi connectivity index (χ4v) is 2.30. The summed E-state index contributed by atoms with van der Waals surface area (Å²) in [6, 6.07) is 8.03. The van der Waals surface area contributed by atoms with E-state index in [0.29, 0.717) is 0 Å². The smallest absolute Gasteiger partial charge is 0.343 e. The maximum Gasteiger partial charge on any atom is 0.343 e. The fraction of sp³-hybridized carbons (Fsp3) is 0.400. The third-order valence-electron chi connectivity index (χ3n) is 3.24. The van der Waals surface area contributed by atoms with Crippen LogP contribution in [0.15, 0.2) is 24.3 Å². The number of nitrogens with zero attached hydrogens (tertiary/aromatic N) is 1. The van der Waals surface area contributed by atoms with Gasteiger partial charge < -0.3 is 14.0 Å². The summed E-state index contributed by atoms with van der Waals surface area (Å²) in [6.45, 7) is 5.12. The van der Waals surface area contributed by atoms with E-state index in [1.165, 1.54) is 12.8 Å². The topological polar surface area (TPSA) is 40.5 Å². The van der Waals surface area contributed by atoms with Crippen LogP contribution in [-0.2, 0) is 22.5 Å². The fourth-order valence-electron chi connectivity index (χ4n) is 2.30. The van der Waals surface area contributed by atoms with Crippen molar-refractivity contribution in [2.75, 3.05) is 13.7 Å². The molecule has 0 saturated heterocycles. The first-order valence-corrected chi connectivity index (χ1v) is 6.52. The molecule has 0 amide bonds. The van der Waals surface area contributed by atoms with Gasteiger partial charge in [0.15, 0.2) is 6.61 Å². The molecule has 1 aromatic heterocycles. The van der Waals surface area contributed by atoms with Gasteiger partial charge >= 0.3 is 5.97 Å². The second kappa shape index (κ2) is 5.78. The van der Waals surface area contributed by atoms with Crippen molar-refractivity contribution in [3.05, 3.63) is 30.0 Å². The van der Waals surface area contributed by atoms with Gasteiger partial charge in [-0.05, 0) is 31.5 Å². The first-order valence-electron chi connectivity index (χ1n) is 6.52. The number of carbonyl (C=O) groups excluding carboxylic acids is 1. The van der Waals surface area contributed by atoms with Crippen LogP contribution in [0.2, 0.25) is 0 Å². The summed E-state index contributed by atoms with van der Waals surface area (Å²) in [5.41, 5.74) is 2.41. The van der Waals surface area contributed by atoms with Crippen molar-refractivity contribution < 1.29 is 14.3 Å². The number of aromatic nitrogens is 1. The molecule has 0 N–H and O–H groups in total. The third-order valence-corrected chi connectivity index (χ3v) is 3.24. The van der Waals surface area contributed by atoms with Crippen molar-refractivity contribution in [3.63, 3.8) is 0 Å². The molecule has 2 aromatic rings. The van der Waals surface area contributed by atoms with Gasteiger partial charge in [-0.1, -0.05) is 13.0 Å². The first kappa shape index (κ1) is 13.5. The lowest BCUT2D eigenvalue weighted by atomic mass is 10.2. The minimum atomic E-state index is -0.373. The molecule has 0 fully saturated rings. The van der Waals surface area contributed by atoms with Gasteiger partial charge in [-0.2, -0.15) is 0 Å². The van der Waals surface area contributed by atoms with E-state index in [9.17, 15) is 4.79 Å². The minimum Gasteiger partial charge on any atom is -0.481 e. The number of benzene rings is 1. The summed E-state index contributed by atoms with van der Waals surface area (Å²) >= 11 is 0. The molecule has 0 radical (unpaired) electrons. The molecule has 0 spiro atoms. The van der Waals surface area contributed by atoms with Crippen LogP contribution in [0.3, 0.4) is 0 Å². The number of fused-ring (bicyclic) bond motifs is 1. The lowest BCUT2D eigenvalue weighted by Gasteiger charge is -2.08. The Balaban J connectivity index is 2.40. The highest BCUT2D eigenvalue weighted by molar-refractivity contribution is 5.88. The van der Waals surface area contributed by atoms with Crippen LogP contribution in [0.4, 0.5) is 0 Å². The van der Waals surface area contributed by atoms with Gasteiger partial charge in [-0.15, -0.1) is 0 Å². The lowest BCUT2D eigenvalue weighted by molar-refractivity contribution is -0.142. The van der Waals surface area contributed by atoms with E-state index < -0.39 is 0 Å². The van der Waals surface area contributed by atoms with Crippen LogP contribution < -0.4 is 4.74 Å². The van der Waals surface area contributed by atoms with Gasteiger partial charge in [0.1, 0.15) is 5.75 Å². The molecule has 0 aliphatic rings. The van der Waals surface area contributed by atoms with Crippen molar-refractivity contribution in [3.8, 4) is 5.75 Å². The molecule has 19 heavy (non-hydrogen) atoms. The Labute approximate surface area is 112 Å². The number of aryl methyl sites for hydroxylation is 2. The van der Waals surface area contributed by atoms with E-state index in [1.807, 2.05) is 12.1 Å². The number of hydrogen-bond acceptors (Lipinski definition) is 3. The van der Waals surface area contributed by atoms with E-state index in [-0.39, 0.29) is 12.6 Å². The summed E-state index contributed by atoms with van der Waals surface area (Å²) in [4.78, 5) is 11.2. The molecular formula is C15H19NO3. The molecule has 102 valence electrons. The first-order chi connectivity index (χ1) is 9.21. The molecule has 4 heteroatoms. The Hall–Kier alpha value is -1.97. The molecule has 2 rings (SSSR count). The largest absolute Gasteiger partial charge is 0.481 e. The number of esters is 1. The van der Waals surface area contributed by atoms with Gasteiger partial charge in [0.2, 0.25) is 0 Å². The van der Waals surface area contributed by atoms with Crippen LogP contribution in [-0.4, -0.2) is 24.3 Å². The summed E-state index contributed by atoms with van der Waals surface area (Å²) in [7, 11) is 1.36. The Kier molecular flexibility index (Phi) is 4.10. The molecule has 0 atom stereocenters. The lowest BCUT2D eigenvalue weighted by Crippen LogP contribution is -2.12. The van der Waals surface area contributed by atoms with E-state index >= 15 is 0 Å². The Morgan fingerprint density at radius 1 is 1.32 bits per heavy atom. The standard InChI is InChI=1S/C15H19NO3/c1-4-11-9-12-13(16(11)5-2)7-6-8-14(12)19-10-15(17)18-3/h6-9H,4-5,10H2,1-3H3. The molecule has 0 bridgehead atoms. The highest BCUT2D eigenvalue weighted by atomic mass is 16.6. The van der Waals surface area contributed by atoms with Gasteiger partial charge in [0.25, 0.3) is 0 Å². The second-order valence-corrected chi connectivity index (χ2v) is 4.29. The highest BCUT2D eigenvalue weighted by Gasteiger charge is 2.11. The number of carbonyl (C=O) groups is 1. The predicted octanol–water partition coefficient (Wildman–Crippen LogP) is 2.78. The number of hydrogen-bond donors (Lipinski definition) is 0. The molecule has 1 heterocycles. The zero-order chi connectivity index (χ0) is 13.8. The second-order valence-electron chi connectivity index (χ2n) is 4.29. The van der Waals surface area contributed by atoms with Crippen molar-refractivity contribution >= 4 is 16.9 Å². The van der Waals surface area contributed by atoms with Crippen molar-refractivity contribution in [1.29, 1.82) is 0 Å². The van der Waals surface area contributed by atoms with Crippen molar-refractivity contribution in [2.45, 2.75) is 26.8 Å². The SMILES string of the molecule is CCc1cc2c(OCC(=O)OC)cccc2n1CC. The average Bonchev–Trinajstić information content (AvgIpc) is 2.82. The van der Waals surface area contributed by atoms with Gasteiger partial charge in [-0.25, -0.2) is 4.79 Å². The quantitative estimate of drug-likeness (QED) is 0.777. The molecule has 0 aliphatic heterocycles. The van der Waals surface area contributed by atoms with E-state index in [2.05, 4.69) is 35.3 Å². The summed E-state index contributed by atoms with van der Waals surface area (Å²) < 4.78 is 12.4. The predicted molar refractivity (Wildman–Crippen MR) is 74.5 cm³/mol. The van der Waals surface area contributed by atoms with Crippen molar-refractivity contribution in [2.24, 2.45) is 0 Å². The van der Waals surface area contributed by atoms with Crippen LogP contribution in [0.25, 0.3) is 10.9 Å². The Morgan fingerprint density at radius 2 is 2.11 bits per heavy atom. The van der Waals surface area contributed by atoms with Crippen LogP contribution in [0, 0.1) is 0 Å². The van der Waals surface area contributed by atoms with Crippen LogP contribution in [0.1, 0.15) is 19.5 Å². The zero-order valence-electron chi connectivity index (χ0n) is 11.6. The average molecular weight is 261 g/mol. The maximum atomic E-state index is 11.2. The number of ether oxygens (including phenoxy) is 2. The van der Waals surface area contributed by atoms with Crippen molar-refractivity contribution in [1.82, 2.24) is 4.57 Å². The maximum absolute atomic E-state index is 11.2. The monoisotopic (exact) mass is 261 g/mol. The molecule has 0 saturated carbocycles. The van der Waals surface area contributed by atoms with Gasteiger partial charge in [0, 0.05) is 17.6 Å².